The lowest BCUT2D eigenvalue weighted by Gasteiger charge is -2.33. The van der Waals surface area contributed by atoms with E-state index < -0.39 is 5.41 Å². The Morgan fingerprint density at radius 1 is 0.848 bits per heavy atom. The number of anilines is 1. The number of aromatic nitrogens is 2. The number of benzene rings is 3. The van der Waals surface area contributed by atoms with E-state index in [2.05, 4.69) is 51.9 Å². The van der Waals surface area contributed by atoms with Crippen LogP contribution in [0.5, 0.6) is 0 Å². The summed E-state index contributed by atoms with van der Waals surface area (Å²) < 4.78 is 0. The van der Waals surface area contributed by atoms with Gasteiger partial charge in [-0.3, -0.25) is 9.59 Å². The summed E-state index contributed by atoms with van der Waals surface area (Å²) >= 11 is 1.30. The van der Waals surface area contributed by atoms with Crippen LogP contribution in [0.4, 0.5) is 5.13 Å². The van der Waals surface area contributed by atoms with Crippen molar-refractivity contribution in [2.45, 2.75) is 26.7 Å². The summed E-state index contributed by atoms with van der Waals surface area (Å²) in [7, 11) is 0. The van der Waals surface area contributed by atoms with E-state index in [0.717, 1.165) is 22.3 Å². The Bertz CT molecular complexity index is 1230. The fourth-order valence-corrected chi connectivity index (χ4v) is 4.49. The van der Waals surface area contributed by atoms with E-state index in [1.165, 1.54) is 11.3 Å². The largest absolute Gasteiger partial charge is 0.300 e. The molecule has 0 aliphatic heterocycles. The number of amides is 1. The minimum Gasteiger partial charge on any atom is -0.300 e. The van der Waals surface area contributed by atoms with Crippen LogP contribution in [0.1, 0.15) is 48.2 Å². The molecule has 1 N–H and O–H groups in total. The van der Waals surface area contributed by atoms with Gasteiger partial charge in [0.15, 0.2) is 5.78 Å². The molecule has 1 heterocycles. The van der Waals surface area contributed by atoms with Crippen molar-refractivity contribution in [1.29, 1.82) is 0 Å². The Kier molecular flexibility index (Phi) is 6.47. The van der Waals surface area contributed by atoms with Crippen LogP contribution in [-0.2, 0) is 4.79 Å². The molecule has 0 spiro atoms. The Balaban J connectivity index is 1.67. The molecule has 5 nitrogen and oxygen atoms in total. The van der Waals surface area contributed by atoms with E-state index in [-0.39, 0.29) is 17.6 Å². The average Bonchev–Trinajstić information content (AvgIpc) is 3.33. The molecule has 166 valence electrons. The van der Waals surface area contributed by atoms with Gasteiger partial charge in [0.1, 0.15) is 5.51 Å². The second kappa shape index (κ2) is 9.46. The predicted octanol–water partition coefficient (Wildman–Crippen LogP) is 6.20. The minimum atomic E-state index is -0.752. The first-order valence-corrected chi connectivity index (χ1v) is 11.6. The zero-order valence-corrected chi connectivity index (χ0v) is 19.6. The highest BCUT2D eigenvalue weighted by atomic mass is 32.1. The van der Waals surface area contributed by atoms with E-state index in [1.807, 2.05) is 56.3 Å². The van der Waals surface area contributed by atoms with Gasteiger partial charge in [0.05, 0.1) is 5.41 Å². The molecule has 1 atom stereocenters. The summed E-state index contributed by atoms with van der Waals surface area (Å²) in [5.74, 6) is -0.227. The average molecular weight is 456 g/mol. The summed E-state index contributed by atoms with van der Waals surface area (Å²) in [6, 6.07) is 26.0. The molecular formula is C27H25N3O2S. The maximum absolute atomic E-state index is 13.3. The number of nitrogens with one attached hydrogen (secondary N) is 1. The fourth-order valence-electron chi connectivity index (χ4n) is 4.05. The summed E-state index contributed by atoms with van der Waals surface area (Å²) in [6.07, 6.45) is 0. The van der Waals surface area contributed by atoms with Crippen molar-refractivity contribution in [2.24, 2.45) is 5.41 Å². The highest BCUT2D eigenvalue weighted by Crippen LogP contribution is 2.42. The number of carbonyl (C=O) groups excluding carboxylic acids is 2. The summed E-state index contributed by atoms with van der Waals surface area (Å²) in [5, 5.41) is 11.2. The first kappa shape index (κ1) is 22.6. The standard InChI is InChI=1S/C27H25N3O2S/c1-18(31)19-9-11-20(12-10-19)21-13-15-23(16-14-21)24(22-7-5-4-6-8-22)27(2,3)25(32)29-26-30-28-17-33-26/h4-17,24H,1-3H3,(H,29,30,32). The molecule has 4 rings (SSSR count). The number of ketones is 1. The summed E-state index contributed by atoms with van der Waals surface area (Å²) in [5.41, 5.74) is 5.74. The van der Waals surface area contributed by atoms with Gasteiger partial charge in [0.2, 0.25) is 11.0 Å². The Morgan fingerprint density at radius 3 is 1.97 bits per heavy atom. The van der Waals surface area contributed by atoms with Gasteiger partial charge in [0, 0.05) is 11.5 Å². The van der Waals surface area contributed by atoms with E-state index in [9.17, 15) is 9.59 Å². The van der Waals surface area contributed by atoms with Gasteiger partial charge in [-0.2, -0.15) is 0 Å². The molecule has 0 bridgehead atoms. The monoisotopic (exact) mass is 455 g/mol. The van der Waals surface area contributed by atoms with Gasteiger partial charge in [-0.25, -0.2) is 0 Å². The van der Waals surface area contributed by atoms with Crippen molar-refractivity contribution in [3.05, 3.63) is 101 Å². The quantitative estimate of drug-likeness (QED) is 0.337. The van der Waals surface area contributed by atoms with Crippen molar-refractivity contribution in [3.8, 4) is 11.1 Å². The van der Waals surface area contributed by atoms with Crippen molar-refractivity contribution in [2.75, 3.05) is 5.32 Å². The molecule has 0 aliphatic carbocycles. The number of hydrogen-bond acceptors (Lipinski definition) is 5. The van der Waals surface area contributed by atoms with Crippen molar-refractivity contribution >= 4 is 28.2 Å². The highest BCUT2D eigenvalue weighted by Gasteiger charge is 2.39. The molecule has 0 radical (unpaired) electrons. The lowest BCUT2D eigenvalue weighted by Crippen LogP contribution is -2.37. The van der Waals surface area contributed by atoms with Crippen LogP contribution in [0.3, 0.4) is 0 Å². The minimum absolute atomic E-state index is 0.0524. The normalized spacial score (nSPS) is 12.2. The SMILES string of the molecule is CC(=O)c1ccc(-c2ccc(C(c3ccccc3)C(C)(C)C(=O)Nc3nncs3)cc2)cc1. The number of carbonyl (C=O) groups is 2. The first-order valence-electron chi connectivity index (χ1n) is 10.7. The van der Waals surface area contributed by atoms with E-state index >= 15 is 0 Å². The number of nitrogens with zero attached hydrogens (tertiary/aromatic N) is 2. The topological polar surface area (TPSA) is 72.0 Å². The fraction of sp³-hybridized carbons (Fsp3) is 0.185. The highest BCUT2D eigenvalue weighted by molar-refractivity contribution is 7.13. The van der Waals surface area contributed by atoms with Gasteiger partial charge in [-0.1, -0.05) is 104 Å². The Labute approximate surface area is 197 Å². The van der Waals surface area contributed by atoms with Crippen molar-refractivity contribution in [3.63, 3.8) is 0 Å². The molecular weight excluding hydrogens is 430 g/mol. The molecule has 1 amide bonds. The Morgan fingerprint density at radius 2 is 1.42 bits per heavy atom. The van der Waals surface area contributed by atoms with E-state index in [0.29, 0.717) is 10.7 Å². The Hall–Kier alpha value is -3.64. The van der Waals surface area contributed by atoms with Crippen LogP contribution >= 0.6 is 11.3 Å². The molecule has 33 heavy (non-hydrogen) atoms. The zero-order chi connectivity index (χ0) is 23.4. The second-order valence-corrected chi connectivity index (χ2v) is 9.35. The van der Waals surface area contributed by atoms with E-state index in [1.54, 1.807) is 12.4 Å². The second-order valence-electron chi connectivity index (χ2n) is 8.52. The van der Waals surface area contributed by atoms with E-state index in [4.69, 9.17) is 0 Å². The maximum Gasteiger partial charge on any atom is 0.232 e. The molecule has 6 heteroatoms. The van der Waals surface area contributed by atoms with Gasteiger partial charge >= 0.3 is 0 Å². The third kappa shape index (κ3) is 4.91. The van der Waals surface area contributed by atoms with Crippen LogP contribution in [0, 0.1) is 5.41 Å². The molecule has 0 saturated heterocycles. The summed E-state index contributed by atoms with van der Waals surface area (Å²) in [6.45, 7) is 5.47. The molecule has 0 saturated carbocycles. The van der Waals surface area contributed by atoms with Crippen LogP contribution in [0.2, 0.25) is 0 Å². The van der Waals surface area contributed by atoms with Crippen molar-refractivity contribution in [1.82, 2.24) is 10.2 Å². The molecule has 1 aromatic heterocycles. The van der Waals surface area contributed by atoms with Crippen LogP contribution in [-0.4, -0.2) is 21.9 Å². The molecule has 4 aromatic rings. The smallest absolute Gasteiger partial charge is 0.232 e. The lowest BCUT2D eigenvalue weighted by atomic mass is 9.70. The van der Waals surface area contributed by atoms with Crippen LogP contribution in [0.15, 0.2) is 84.4 Å². The predicted molar refractivity (Wildman–Crippen MR) is 132 cm³/mol. The number of rotatable bonds is 7. The van der Waals surface area contributed by atoms with Crippen LogP contribution in [0.25, 0.3) is 11.1 Å². The molecule has 0 fully saturated rings. The maximum atomic E-state index is 13.3. The van der Waals surface area contributed by atoms with Crippen LogP contribution < -0.4 is 5.32 Å². The van der Waals surface area contributed by atoms with Crippen molar-refractivity contribution < 1.29 is 9.59 Å². The number of Topliss-reactive ketones (excluding diaryl/α,β-unsaturated/α-hetero) is 1. The zero-order valence-electron chi connectivity index (χ0n) is 18.8. The molecule has 1 unspecified atom stereocenters. The lowest BCUT2D eigenvalue weighted by molar-refractivity contribution is -0.124. The van der Waals surface area contributed by atoms with Gasteiger partial charge in [-0.05, 0) is 29.2 Å². The first-order chi connectivity index (χ1) is 15.9. The van der Waals surface area contributed by atoms with Gasteiger partial charge in [0.25, 0.3) is 0 Å². The molecule has 3 aromatic carbocycles. The van der Waals surface area contributed by atoms with Gasteiger partial charge < -0.3 is 5.32 Å². The third-order valence-electron chi connectivity index (χ3n) is 5.89. The molecule has 0 aliphatic rings. The van der Waals surface area contributed by atoms with Gasteiger partial charge in [-0.15, -0.1) is 10.2 Å². The number of hydrogen-bond donors (Lipinski definition) is 1. The third-order valence-corrected chi connectivity index (χ3v) is 6.50. The summed E-state index contributed by atoms with van der Waals surface area (Å²) in [4.78, 5) is 24.9.